The molecule has 1 nitrogen and oxygen atoms in total. The van der Waals surface area contributed by atoms with E-state index in [0.717, 1.165) is 5.75 Å². The zero-order valence-corrected chi connectivity index (χ0v) is 9.37. The van der Waals surface area contributed by atoms with Crippen LogP contribution in [0.2, 0.25) is 0 Å². The number of allylic oxidation sites excluding steroid dienone is 1. The Hall–Kier alpha value is -1.24. The Balaban J connectivity index is 2.83. The summed E-state index contributed by atoms with van der Waals surface area (Å²) in [5, 5.41) is 0. The highest BCUT2D eigenvalue weighted by molar-refractivity contribution is 5.53. The minimum atomic E-state index is 0.608. The van der Waals surface area contributed by atoms with Gasteiger partial charge in [0.1, 0.15) is 5.75 Å². The average Bonchev–Trinajstić information content (AvgIpc) is 2.19. The lowest BCUT2D eigenvalue weighted by Crippen LogP contribution is -1.88. The summed E-state index contributed by atoms with van der Waals surface area (Å²) in [7, 11) is 1.68. The summed E-state index contributed by atoms with van der Waals surface area (Å²) in [6.45, 7) is 6.57. The van der Waals surface area contributed by atoms with Crippen molar-refractivity contribution in [2.45, 2.75) is 20.8 Å². The zero-order valence-electron chi connectivity index (χ0n) is 9.37. The summed E-state index contributed by atoms with van der Waals surface area (Å²) in [5.41, 5.74) is 2.63. The molecule has 1 heteroatoms. The van der Waals surface area contributed by atoms with Crippen LogP contribution in [0.25, 0.3) is 6.08 Å². The second-order valence-electron chi connectivity index (χ2n) is 3.82. The molecule has 0 amide bonds. The molecule has 0 aromatic heterocycles. The van der Waals surface area contributed by atoms with Gasteiger partial charge in [0.15, 0.2) is 0 Å². The minimum Gasteiger partial charge on any atom is -0.497 e. The summed E-state index contributed by atoms with van der Waals surface area (Å²) in [4.78, 5) is 0. The number of methoxy groups -OCH3 is 1. The van der Waals surface area contributed by atoms with E-state index in [4.69, 9.17) is 4.74 Å². The molecule has 1 aromatic carbocycles. The Kier molecular flexibility index (Phi) is 3.75. The lowest BCUT2D eigenvalue weighted by molar-refractivity contribution is 0.415. The van der Waals surface area contributed by atoms with Crippen LogP contribution < -0.4 is 4.74 Å². The van der Waals surface area contributed by atoms with Crippen molar-refractivity contribution in [3.63, 3.8) is 0 Å². The predicted octanol–water partition coefficient (Wildman–Crippen LogP) is 3.75. The third-order valence-electron chi connectivity index (χ3n) is 2.42. The molecule has 0 saturated heterocycles. The molecule has 0 N–H and O–H groups in total. The van der Waals surface area contributed by atoms with Gasteiger partial charge in [-0.2, -0.15) is 0 Å². The van der Waals surface area contributed by atoms with Crippen molar-refractivity contribution in [1.29, 1.82) is 0 Å². The molecule has 0 saturated carbocycles. The fraction of sp³-hybridized carbons (Fsp3) is 0.385. The van der Waals surface area contributed by atoms with E-state index in [-0.39, 0.29) is 0 Å². The first-order valence-electron chi connectivity index (χ1n) is 4.95. The van der Waals surface area contributed by atoms with E-state index in [9.17, 15) is 0 Å². The third kappa shape index (κ3) is 2.91. The molecule has 0 fully saturated rings. The van der Waals surface area contributed by atoms with E-state index in [1.54, 1.807) is 7.11 Å². The van der Waals surface area contributed by atoms with Gasteiger partial charge in [-0.1, -0.05) is 37.6 Å². The Labute approximate surface area is 86.4 Å². The van der Waals surface area contributed by atoms with Gasteiger partial charge in [0.05, 0.1) is 7.11 Å². The van der Waals surface area contributed by atoms with Crippen LogP contribution in [0.1, 0.15) is 26.3 Å². The molecule has 0 aliphatic heterocycles. The molecular weight excluding hydrogens is 172 g/mol. The van der Waals surface area contributed by atoms with Gasteiger partial charge in [-0.05, 0) is 30.5 Å². The summed E-state index contributed by atoms with van der Waals surface area (Å²) in [6, 6.07) is 8.12. The summed E-state index contributed by atoms with van der Waals surface area (Å²) in [6.07, 6.45) is 2.21. The maximum atomic E-state index is 5.10. The first-order valence-corrected chi connectivity index (χ1v) is 4.95. The van der Waals surface area contributed by atoms with Crippen LogP contribution in [0.15, 0.2) is 29.8 Å². The van der Waals surface area contributed by atoms with Crippen LogP contribution >= 0.6 is 0 Å². The Morgan fingerprint density at radius 1 is 1.21 bits per heavy atom. The van der Waals surface area contributed by atoms with Crippen molar-refractivity contribution in [3.8, 4) is 5.75 Å². The number of hydrogen-bond acceptors (Lipinski definition) is 1. The van der Waals surface area contributed by atoms with E-state index in [1.165, 1.54) is 11.1 Å². The van der Waals surface area contributed by atoms with Crippen LogP contribution in [0, 0.1) is 5.92 Å². The fourth-order valence-corrected chi connectivity index (χ4v) is 1.13. The highest BCUT2D eigenvalue weighted by Crippen LogP contribution is 2.16. The lowest BCUT2D eigenvalue weighted by atomic mass is 10.0. The van der Waals surface area contributed by atoms with Gasteiger partial charge in [-0.15, -0.1) is 0 Å². The molecule has 0 bridgehead atoms. The van der Waals surface area contributed by atoms with Gasteiger partial charge < -0.3 is 4.74 Å². The minimum absolute atomic E-state index is 0.608. The van der Waals surface area contributed by atoms with Crippen molar-refractivity contribution in [1.82, 2.24) is 0 Å². The van der Waals surface area contributed by atoms with Crippen molar-refractivity contribution >= 4 is 6.08 Å². The largest absolute Gasteiger partial charge is 0.497 e. The van der Waals surface area contributed by atoms with E-state index in [2.05, 4.69) is 39.0 Å². The molecule has 1 aromatic rings. The van der Waals surface area contributed by atoms with Crippen molar-refractivity contribution < 1.29 is 4.74 Å². The highest BCUT2D eigenvalue weighted by Gasteiger charge is 1.96. The van der Waals surface area contributed by atoms with E-state index in [0.29, 0.717) is 5.92 Å². The third-order valence-corrected chi connectivity index (χ3v) is 2.42. The monoisotopic (exact) mass is 190 g/mol. The molecular formula is C13H18O. The van der Waals surface area contributed by atoms with Gasteiger partial charge >= 0.3 is 0 Å². The van der Waals surface area contributed by atoms with Crippen molar-refractivity contribution in [2.75, 3.05) is 7.11 Å². The van der Waals surface area contributed by atoms with Crippen molar-refractivity contribution in [2.24, 2.45) is 5.92 Å². The van der Waals surface area contributed by atoms with Gasteiger partial charge in [0, 0.05) is 0 Å². The topological polar surface area (TPSA) is 9.23 Å². The van der Waals surface area contributed by atoms with E-state index in [1.807, 2.05) is 12.1 Å². The second-order valence-corrected chi connectivity index (χ2v) is 3.82. The lowest BCUT2D eigenvalue weighted by Gasteiger charge is -2.05. The standard InChI is InChI=1S/C13H18O/c1-10(2)11(3)9-12-5-7-13(14-4)8-6-12/h5-10H,1-4H3/b11-9+. The van der Waals surface area contributed by atoms with Gasteiger partial charge in [-0.25, -0.2) is 0 Å². The molecule has 0 aliphatic carbocycles. The maximum absolute atomic E-state index is 5.10. The first kappa shape index (κ1) is 10.8. The molecule has 0 aliphatic rings. The number of benzene rings is 1. The zero-order chi connectivity index (χ0) is 10.6. The first-order chi connectivity index (χ1) is 6.63. The maximum Gasteiger partial charge on any atom is 0.118 e. The van der Waals surface area contributed by atoms with Crippen LogP contribution in [-0.4, -0.2) is 7.11 Å². The van der Waals surface area contributed by atoms with E-state index < -0.39 is 0 Å². The molecule has 76 valence electrons. The van der Waals surface area contributed by atoms with Crippen LogP contribution in [0.4, 0.5) is 0 Å². The molecule has 0 spiro atoms. The average molecular weight is 190 g/mol. The molecule has 14 heavy (non-hydrogen) atoms. The number of ether oxygens (including phenoxy) is 1. The van der Waals surface area contributed by atoms with Gasteiger partial charge in [0.25, 0.3) is 0 Å². The molecule has 0 radical (unpaired) electrons. The molecule has 1 rings (SSSR count). The predicted molar refractivity (Wildman–Crippen MR) is 61.5 cm³/mol. The van der Waals surface area contributed by atoms with Gasteiger partial charge in [0.2, 0.25) is 0 Å². The Morgan fingerprint density at radius 2 is 1.79 bits per heavy atom. The van der Waals surface area contributed by atoms with Crippen molar-refractivity contribution in [3.05, 3.63) is 35.4 Å². The summed E-state index contributed by atoms with van der Waals surface area (Å²) in [5.74, 6) is 1.52. The molecule has 0 atom stereocenters. The summed E-state index contributed by atoms with van der Waals surface area (Å²) < 4.78 is 5.10. The normalized spacial score (nSPS) is 11.9. The quantitative estimate of drug-likeness (QED) is 0.705. The Morgan fingerprint density at radius 3 is 2.21 bits per heavy atom. The van der Waals surface area contributed by atoms with Crippen LogP contribution in [0.3, 0.4) is 0 Å². The molecule has 0 heterocycles. The van der Waals surface area contributed by atoms with Crippen LogP contribution in [0.5, 0.6) is 5.75 Å². The SMILES string of the molecule is COc1ccc(/C=C(\C)C(C)C)cc1. The summed E-state index contributed by atoms with van der Waals surface area (Å²) >= 11 is 0. The Bertz CT molecular complexity index is 307. The smallest absolute Gasteiger partial charge is 0.118 e. The van der Waals surface area contributed by atoms with Crippen LogP contribution in [-0.2, 0) is 0 Å². The number of hydrogen-bond donors (Lipinski definition) is 0. The van der Waals surface area contributed by atoms with Gasteiger partial charge in [-0.3, -0.25) is 0 Å². The highest BCUT2D eigenvalue weighted by atomic mass is 16.5. The fourth-order valence-electron chi connectivity index (χ4n) is 1.13. The second kappa shape index (κ2) is 4.85. The molecule has 0 unspecified atom stereocenters. The van der Waals surface area contributed by atoms with E-state index >= 15 is 0 Å². The number of rotatable bonds is 3.